The molecule has 0 saturated carbocycles. The Hall–Kier alpha value is -1.59. The molecular weight excluding hydrogens is 256 g/mol. The van der Waals surface area contributed by atoms with Gasteiger partial charge in [0, 0.05) is 5.71 Å². The topological polar surface area (TPSA) is 54.3 Å². The van der Waals surface area contributed by atoms with E-state index in [1.165, 1.54) is 5.06 Å². The van der Waals surface area contributed by atoms with Crippen LogP contribution >= 0.6 is 0 Å². The van der Waals surface area contributed by atoms with Gasteiger partial charge in [0.2, 0.25) is 0 Å². The zero-order chi connectivity index (χ0) is 14.9. The van der Waals surface area contributed by atoms with Crippen LogP contribution in [0.5, 0.6) is 11.5 Å². The molecule has 0 amide bonds. The molecule has 1 aromatic carbocycles. The fraction of sp³-hybridized carbons (Fsp3) is 0.533. The molecule has 0 aromatic heterocycles. The average Bonchev–Trinajstić information content (AvgIpc) is 2.69. The first kappa shape index (κ1) is 14.8. The fourth-order valence-electron chi connectivity index (χ4n) is 2.55. The molecule has 0 unspecified atom stereocenters. The lowest BCUT2D eigenvalue weighted by molar-refractivity contribution is -0.159. The number of aliphatic imine (C=N–C) groups is 1. The van der Waals surface area contributed by atoms with Crippen molar-refractivity contribution in [2.75, 3.05) is 14.2 Å². The molecule has 0 radical (unpaired) electrons. The number of methoxy groups -OCH3 is 2. The van der Waals surface area contributed by atoms with Gasteiger partial charge in [0.1, 0.15) is 0 Å². The maximum Gasteiger partial charge on any atom is 0.161 e. The lowest BCUT2D eigenvalue weighted by atomic mass is 9.97. The van der Waals surface area contributed by atoms with Crippen LogP contribution in [0.1, 0.15) is 38.9 Å². The molecule has 20 heavy (non-hydrogen) atoms. The highest BCUT2D eigenvalue weighted by molar-refractivity contribution is 5.94. The smallest absolute Gasteiger partial charge is 0.161 e. The highest BCUT2D eigenvalue weighted by Gasteiger charge is 2.42. The molecule has 0 saturated heterocycles. The normalized spacial score (nSPS) is 21.7. The first-order chi connectivity index (χ1) is 9.45. The van der Waals surface area contributed by atoms with Gasteiger partial charge in [-0.15, -0.1) is 0 Å². The van der Waals surface area contributed by atoms with Crippen LogP contribution in [0.15, 0.2) is 23.2 Å². The standard InChI is InChI=1S/C15H22N2O3/c1-6-13-15(2,3)17(18)14(16-13)10-7-8-11(19-4)12(9-10)20-5/h7-9,14,18H,6H2,1-5H3/t14-/m0/s1. The number of hydrogen-bond acceptors (Lipinski definition) is 5. The van der Waals surface area contributed by atoms with Gasteiger partial charge in [0.25, 0.3) is 0 Å². The molecule has 1 aromatic rings. The van der Waals surface area contributed by atoms with Crippen LogP contribution in [0, 0.1) is 0 Å². The van der Waals surface area contributed by atoms with Gasteiger partial charge >= 0.3 is 0 Å². The van der Waals surface area contributed by atoms with E-state index in [-0.39, 0.29) is 0 Å². The van der Waals surface area contributed by atoms with Crippen molar-refractivity contribution in [1.82, 2.24) is 5.06 Å². The number of benzene rings is 1. The second kappa shape index (κ2) is 5.42. The molecule has 0 spiro atoms. The Bertz CT molecular complexity index is 526. The van der Waals surface area contributed by atoms with Crippen LogP contribution < -0.4 is 9.47 Å². The summed E-state index contributed by atoms with van der Waals surface area (Å²) in [5.74, 6) is 1.30. The van der Waals surface area contributed by atoms with Crippen molar-refractivity contribution >= 4 is 5.71 Å². The Morgan fingerprint density at radius 1 is 1.25 bits per heavy atom. The number of ether oxygens (including phenoxy) is 2. The van der Waals surface area contributed by atoms with E-state index in [0.29, 0.717) is 11.5 Å². The number of nitrogens with zero attached hydrogens (tertiary/aromatic N) is 2. The minimum atomic E-state index is -0.452. The maximum atomic E-state index is 10.4. The monoisotopic (exact) mass is 278 g/mol. The molecule has 0 bridgehead atoms. The van der Waals surface area contributed by atoms with E-state index >= 15 is 0 Å². The first-order valence-electron chi connectivity index (χ1n) is 6.73. The van der Waals surface area contributed by atoms with Crippen molar-refractivity contribution in [2.45, 2.75) is 38.9 Å². The summed E-state index contributed by atoms with van der Waals surface area (Å²) in [7, 11) is 3.19. The molecule has 5 heteroatoms. The summed E-state index contributed by atoms with van der Waals surface area (Å²) in [5, 5.41) is 11.7. The molecular formula is C15H22N2O3. The van der Waals surface area contributed by atoms with Gasteiger partial charge < -0.3 is 14.7 Å². The molecule has 0 aliphatic carbocycles. The summed E-state index contributed by atoms with van der Waals surface area (Å²) < 4.78 is 10.5. The van der Waals surface area contributed by atoms with E-state index in [9.17, 15) is 5.21 Å². The summed E-state index contributed by atoms with van der Waals surface area (Å²) >= 11 is 0. The Morgan fingerprint density at radius 3 is 2.40 bits per heavy atom. The van der Waals surface area contributed by atoms with Crippen molar-refractivity contribution in [1.29, 1.82) is 0 Å². The summed E-state index contributed by atoms with van der Waals surface area (Å²) in [6.07, 6.45) is 0.410. The lowest BCUT2D eigenvalue weighted by Crippen LogP contribution is -2.43. The second-order valence-corrected chi connectivity index (χ2v) is 5.32. The van der Waals surface area contributed by atoms with E-state index in [0.717, 1.165) is 17.7 Å². The molecule has 110 valence electrons. The number of hydrogen-bond donors (Lipinski definition) is 1. The van der Waals surface area contributed by atoms with Gasteiger partial charge in [-0.3, -0.25) is 4.99 Å². The average molecular weight is 278 g/mol. The van der Waals surface area contributed by atoms with Crippen LogP contribution in [0.3, 0.4) is 0 Å². The van der Waals surface area contributed by atoms with Crippen molar-refractivity contribution in [3.05, 3.63) is 23.8 Å². The molecule has 1 N–H and O–H groups in total. The highest BCUT2D eigenvalue weighted by Crippen LogP contribution is 2.39. The van der Waals surface area contributed by atoms with Crippen LogP contribution in [0.25, 0.3) is 0 Å². The van der Waals surface area contributed by atoms with E-state index in [1.807, 2.05) is 39.0 Å². The van der Waals surface area contributed by atoms with Crippen LogP contribution in [-0.2, 0) is 0 Å². The van der Waals surface area contributed by atoms with Gasteiger partial charge in [0.05, 0.1) is 19.8 Å². The van der Waals surface area contributed by atoms with Gasteiger partial charge in [0.15, 0.2) is 17.7 Å². The van der Waals surface area contributed by atoms with Crippen LogP contribution in [0.2, 0.25) is 0 Å². The predicted octanol–water partition coefficient (Wildman–Crippen LogP) is 3.04. The Kier molecular flexibility index (Phi) is 4.01. The predicted molar refractivity (Wildman–Crippen MR) is 77.7 cm³/mol. The minimum Gasteiger partial charge on any atom is -0.493 e. The molecule has 0 fully saturated rings. The van der Waals surface area contributed by atoms with Crippen LogP contribution in [0.4, 0.5) is 0 Å². The molecule has 5 nitrogen and oxygen atoms in total. The largest absolute Gasteiger partial charge is 0.493 e. The van der Waals surface area contributed by atoms with E-state index in [2.05, 4.69) is 4.99 Å². The molecule has 1 aliphatic rings. The summed E-state index contributed by atoms with van der Waals surface area (Å²) in [6.45, 7) is 5.98. The Morgan fingerprint density at radius 2 is 1.90 bits per heavy atom. The SMILES string of the molecule is CCC1=N[C@H](c2ccc(OC)c(OC)c2)N(O)C1(C)C. The van der Waals surface area contributed by atoms with Gasteiger partial charge in [-0.25, -0.2) is 0 Å². The van der Waals surface area contributed by atoms with E-state index in [1.54, 1.807) is 14.2 Å². The quantitative estimate of drug-likeness (QED) is 0.919. The molecule has 1 atom stereocenters. The van der Waals surface area contributed by atoms with Gasteiger partial charge in [-0.1, -0.05) is 13.0 Å². The molecule has 1 heterocycles. The zero-order valence-corrected chi connectivity index (χ0v) is 12.7. The van der Waals surface area contributed by atoms with Gasteiger partial charge in [-0.2, -0.15) is 5.06 Å². The third-order valence-electron chi connectivity index (χ3n) is 3.83. The van der Waals surface area contributed by atoms with Gasteiger partial charge in [-0.05, 0) is 38.0 Å². The minimum absolute atomic E-state index is 0.403. The van der Waals surface area contributed by atoms with Crippen molar-refractivity contribution in [2.24, 2.45) is 4.99 Å². The second-order valence-electron chi connectivity index (χ2n) is 5.32. The third kappa shape index (κ3) is 2.27. The van der Waals surface area contributed by atoms with Crippen LogP contribution in [-0.4, -0.2) is 35.7 Å². The maximum absolute atomic E-state index is 10.4. The number of hydroxylamine groups is 2. The van der Waals surface area contributed by atoms with Crippen molar-refractivity contribution in [3.8, 4) is 11.5 Å². The summed E-state index contributed by atoms with van der Waals surface area (Å²) in [4.78, 5) is 4.64. The zero-order valence-electron chi connectivity index (χ0n) is 12.7. The highest BCUT2D eigenvalue weighted by atomic mass is 16.5. The molecule has 2 rings (SSSR count). The lowest BCUT2D eigenvalue weighted by Gasteiger charge is -2.30. The third-order valence-corrected chi connectivity index (χ3v) is 3.83. The molecule has 1 aliphatic heterocycles. The summed E-state index contributed by atoms with van der Waals surface area (Å²) in [6, 6.07) is 5.58. The number of rotatable bonds is 4. The van der Waals surface area contributed by atoms with E-state index in [4.69, 9.17) is 9.47 Å². The summed E-state index contributed by atoms with van der Waals surface area (Å²) in [5.41, 5.74) is 1.41. The Labute approximate surface area is 119 Å². The first-order valence-corrected chi connectivity index (χ1v) is 6.73. The van der Waals surface area contributed by atoms with Crippen molar-refractivity contribution < 1.29 is 14.7 Å². The Balaban J connectivity index is 2.40. The van der Waals surface area contributed by atoms with E-state index < -0.39 is 11.7 Å². The van der Waals surface area contributed by atoms with Crippen molar-refractivity contribution in [3.63, 3.8) is 0 Å². The fourth-order valence-corrected chi connectivity index (χ4v) is 2.55.